The summed E-state index contributed by atoms with van der Waals surface area (Å²) < 4.78 is 6.72. The molecule has 0 radical (unpaired) electrons. The SMILES string of the molecule is O=C(O)c1cc(O)cc(=O)n1CCOC1CCCC1. The molecule has 1 aromatic heterocycles. The number of hydrogen-bond acceptors (Lipinski definition) is 4. The first-order chi connectivity index (χ1) is 9.08. The van der Waals surface area contributed by atoms with E-state index in [1.54, 1.807) is 0 Å². The van der Waals surface area contributed by atoms with Crippen molar-refractivity contribution in [3.63, 3.8) is 0 Å². The van der Waals surface area contributed by atoms with Gasteiger partial charge < -0.3 is 14.9 Å². The fourth-order valence-electron chi connectivity index (χ4n) is 2.36. The summed E-state index contributed by atoms with van der Waals surface area (Å²) in [6.45, 7) is 0.479. The summed E-state index contributed by atoms with van der Waals surface area (Å²) in [6.07, 6.45) is 4.59. The number of hydrogen-bond donors (Lipinski definition) is 2. The van der Waals surface area contributed by atoms with Crippen LogP contribution in [-0.4, -0.2) is 33.5 Å². The van der Waals surface area contributed by atoms with E-state index in [9.17, 15) is 14.7 Å². The molecule has 1 saturated carbocycles. The molecule has 2 rings (SSSR count). The number of aromatic carboxylic acids is 1. The normalized spacial score (nSPS) is 15.8. The second-order valence-corrected chi connectivity index (χ2v) is 4.67. The van der Waals surface area contributed by atoms with E-state index in [0.29, 0.717) is 6.61 Å². The number of aromatic nitrogens is 1. The third kappa shape index (κ3) is 3.35. The summed E-state index contributed by atoms with van der Waals surface area (Å²) in [6, 6.07) is 2.07. The van der Waals surface area contributed by atoms with Crippen molar-refractivity contribution >= 4 is 5.97 Å². The second-order valence-electron chi connectivity index (χ2n) is 4.67. The minimum Gasteiger partial charge on any atom is -0.508 e. The van der Waals surface area contributed by atoms with E-state index in [4.69, 9.17) is 9.84 Å². The lowest BCUT2D eigenvalue weighted by Crippen LogP contribution is -2.27. The lowest BCUT2D eigenvalue weighted by atomic mass is 10.3. The van der Waals surface area contributed by atoms with E-state index in [1.165, 1.54) is 0 Å². The van der Waals surface area contributed by atoms with Crippen molar-refractivity contribution in [3.8, 4) is 5.75 Å². The molecule has 6 nitrogen and oxygen atoms in total. The molecule has 1 fully saturated rings. The molecule has 2 N–H and O–H groups in total. The molecule has 1 aliphatic carbocycles. The zero-order valence-corrected chi connectivity index (χ0v) is 10.5. The predicted molar refractivity (Wildman–Crippen MR) is 67.5 cm³/mol. The second kappa shape index (κ2) is 5.88. The lowest BCUT2D eigenvalue weighted by Gasteiger charge is -2.13. The molecule has 0 bridgehead atoms. The molecule has 1 aliphatic rings. The van der Waals surface area contributed by atoms with Gasteiger partial charge in [0.25, 0.3) is 5.56 Å². The standard InChI is InChI=1S/C13H17NO5/c15-9-7-11(13(17)18)14(12(16)8-9)5-6-19-10-3-1-2-4-10/h7-8,10,15H,1-6H2,(H,17,18). The number of ether oxygens (including phenoxy) is 1. The first kappa shape index (κ1) is 13.6. The molecule has 19 heavy (non-hydrogen) atoms. The molecule has 0 aliphatic heterocycles. The van der Waals surface area contributed by atoms with Crippen LogP contribution >= 0.6 is 0 Å². The molecule has 0 aromatic carbocycles. The molecule has 0 spiro atoms. The maximum atomic E-state index is 11.7. The van der Waals surface area contributed by atoms with E-state index < -0.39 is 11.5 Å². The van der Waals surface area contributed by atoms with Gasteiger partial charge in [0.05, 0.1) is 12.7 Å². The van der Waals surface area contributed by atoms with Gasteiger partial charge in [-0.05, 0) is 12.8 Å². The molecule has 6 heteroatoms. The van der Waals surface area contributed by atoms with Crippen LogP contribution in [0.15, 0.2) is 16.9 Å². The Morgan fingerprint density at radius 2 is 2.05 bits per heavy atom. The molecule has 1 heterocycles. The highest BCUT2D eigenvalue weighted by Gasteiger charge is 2.16. The first-order valence-electron chi connectivity index (χ1n) is 6.36. The van der Waals surface area contributed by atoms with Crippen LogP contribution in [-0.2, 0) is 11.3 Å². The van der Waals surface area contributed by atoms with Gasteiger partial charge in [0.2, 0.25) is 0 Å². The van der Waals surface area contributed by atoms with Crippen LogP contribution in [0.2, 0.25) is 0 Å². The van der Waals surface area contributed by atoms with E-state index in [-0.39, 0.29) is 24.1 Å². The zero-order valence-electron chi connectivity index (χ0n) is 10.5. The van der Waals surface area contributed by atoms with Gasteiger partial charge in [-0.2, -0.15) is 0 Å². The predicted octanol–water partition coefficient (Wildman–Crippen LogP) is 1.21. The molecule has 0 amide bonds. The molecule has 0 atom stereocenters. The Balaban J connectivity index is 2.06. The molecule has 104 valence electrons. The van der Waals surface area contributed by atoms with Crippen molar-refractivity contribution in [2.24, 2.45) is 0 Å². The number of carboxylic acids is 1. The highest BCUT2D eigenvalue weighted by Crippen LogP contribution is 2.20. The fourth-order valence-corrected chi connectivity index (χ4v) is 2.36. The topological polar surface area (TPSA) is 88.8 Å². The third-order valence-electron chi connectivity index (χ3n) is 3.30. The fraction of sp³-hybridized carbons (Fsp3) is 0.538. The molecular weight excluding hydrogens is 250 g/mol. The molecule has 1 aromatic rings. The number of rotatable bonds is 5. The minimum atomic E-state index is -1.24. The number of nitrogens with zero attached hydrogens (tertiary/aromatic N) is 1. The Kier molecular flexibility index (Phi) is 4.21. The Morgan fingerprint density at radius 1 is 1.37 bits per heavy atom. The van der Waals surface area contributed by atoms with Gasteiger partial charge >= 0.3 is 5.97 Å². The van der Waals surface area contributed by atoms with E-state index >= 15 is 0 Å². The maximum absolute atomic E-state index is 11.7. The Bertz CT molecular complexity index is 516. The molecule has 0 unspecified atom stereocenters. The first-order valence-corrected chi connectivity index (χ1v) is 6.36. The van der Waals surface area contributed by atoms with Gasteiger partial charge in [0.15, 0.2) is 0 Å². The lowest BCUT2D eigenvalue weighted by molar-refractivity contribution is 0.0508. The van der Waals surface area contributed by atoms with Gasteiger partial charge in [0, 0.05) is 18.7 Å². The molecule has 0 saturated heterocycles. The smallest absolute Gasteiger partial charge is 0.352 e. The summed E-state index contributed by atoms with van der Waals surface area (Å²) in [5.74, 6) is -1.58. The van der Waals surface area contributed by atoms with Crippen molar-refractivity contribution in [1.29, 1.82) is 0 Å². The summed E-state index contributed by atoms with van der Waals surface area (Å²) in [5, 5.41) is 18.3. The Morgan fingerprint density at radius 3 is 2.68 bits per heavy atom. The van der Waals surface area contributed by atoms with Gasteiger partial charge in [-0.25, -0.2) is 4.79 Å². The summed E-state index contributed by atoms with van der Waals surface area (Å²) in [5.41, 5.74) is -0.757. The number of pyridine rings is 1. The van der Waals surface area contributed by atoms with E-state index in [2.05, 4.69) is 0 Å². The number of carbonyl (C=O) groups is 1. The monoisotopic (exact) mass is 267 g/mol. The maximum Gasteiger partial charge on any atom is 0.352 e. The average Bonchev–Trinajstić information content (AvgIpc) is 2.84. The highest BCUT2D eigenvalue weighted by atomic mass is 16.5. The number of carboxylic acid groups (broad SMARTS) is 1. The van der Waals surface area contributed by atoms with E-state index in [0.717, 1.165) is 42.4 Å². The Hall–Kier alpha value is -1.82. The zero-order chi connectivity index (χ0) is 13.8. The minimum absolute atomic E-state index is 0.178. The van der Waals surface area contributed by atoms with Crippen LogP contribution < -0.4 is 5.56 Å². The van der Waals surface area contributed by atoms with Crippen molar-refractivity contribution < 1.29 is 19.7 Å². The largest absolute Gasteiger partial charge is 0.508 e. The molecular formula is C13H17NO5. The van der Waals surface area contributed by atoms with Crippen molar-refractivity contribution in [2.75, 3.05) is 6.61 Å². The van der Waals surface area contributed by atoms with Crippen LogP contribution in [0.25, 0.3) is 0 Å². The summed E-state index contributed by atoms with van der Waals surface area (Å²) in [7, 11) is 0. The summed E-state index contributed by atoms with van der Waals surface area (Å²) in [4.78, 5) is 22.7. The quantitative estimate of drug-likeness (QED) is 0.837. The van der Waals surface area contributed by atoms with Gasteiger partial charge in [-0.15, -0.1) is 0 Å². The third-order valence-corrected chi connectivity index (χ3v) is 3.30. The summed E-state index contributed by atoms with van der Waals surface area (Å²) >= 11 is 0. The average molecular weight is 267 g/mol. The van der Waals surface area contributed by atoms with Crippen LogP contribution in [0.1, 0.15) is 36.2 Å². The van der Waals surface area contributed by atoms with Crippen molar-refractivity contribution in [1.82, 2.24) is 4.57 Å². The van der Waals surface area contributed by atoms with Crippen molar-refractivity contribution in [3.05, 3.63) is 28.2 Å². The van der Waals surface area contributed by atoms with Gasteiger partial charge in [0.1, 0.15) is 11.4 Å². The highest BCUT2D eigenvalue weighted by molar-refractivity contribution is 5.86. The van der Waals surface area contributed by atoms with Gasteiger partial charge in [-0.3, -0.25) is 9.36 Å². The number of aromatic hydroxyl groups is 1. The van der Waals surface area contributed by atoms with E-state index in [1.807, 2.05) is 0 Å². The van der Waals surface area contributed by atoms with Crippen molar-refractivity contribution in [2.45, 2.75) is 38.3 Å². The van der Waals surface area contributed by atoms with Crippen LogP contribution in [0.4, 0.5) is 0 Å². The van der Waals surface area contributed by atoms with Crippen LogP contribution in [0, 0.1) is 0 Å². The Labute approximate surface area is 110 Å². The van der Waals surface area contributed by atoms with Crippen LogP contribution in [0.3, 0.4) is 0 Å². The van der Waals surface area contributed by atoms with Crippen LogP contribution in [0.5, 0.6) is 5.75 Å². The van der Waals surface area contributed by atoms with Gasteiger partial charge in [-0.1, -0.05) is 12.8 Å².